The van der Waals surface area contributed by atoms with E-state index in [1.54, 1.807) is 4.90 Å². The molecule has 0 N–H and O–H groups in total. The van der Waals surface area contributed by atoms with Gasteiger partial charge in [-0.3, -0.25) is 4.79 Å². The summed E-state index contributed by atoms with van der Waals surface area (Å²) in [6.45, 7) is 2.50. The molecular formula is C19H13N3OS. The third-order valence-electron chi connectivity index (χ3n) is 4.11. The van der Waals surface area contributed by atoms with E-state index in [-0.39, 0.29) is 5.91 Å². The average molecular weight is 331 g/mol. The standard InChI is InChI=1S/C19H13N3OS/c1-2-22-15-9-5-3-7-12(15)17(19(22)23)13(11-20)18-21-14-8-4-6-10-16(14)24-18/h3-10H,2H2,1H3. The van der Waals surface area contributed by atoms with Crippen LogP contribution >= 0.6 is 11.3 Å². The van der Waals surface area contributed by atoms with Gasteiger partial charge in [0.05, 0.1) is 21.5 Å². The Kier molecular flexibility index (Phi) is 3.40. The molecule has 0 bridgehead atoms. The van der Waals surface area contributed by atoms with Crippen LogP contribution in [0.1, 0.15) is 17.5 Å². The monoisotopic (exact) mass is 331 g/mol. The van der Waals surface area contributed by atoms with Crippen LogP contribution in [0.4, 0.5) is 5.69 Å². The number of nitriles is 1. The van der Waals surface area contributed by atoms with Gasteiger partial charge in [0.15, 0.2) is 0 Å². The lowest BCUT2D eigenvalue weighted by Gasteiger charge is -2.13. The summed E-state index contributed by atoms with van der Waals surface area (Å²) in [4.78, 5) is 19.1. The van der Waals surface area contributed by atoms with Gasteiger partial charge in [-0.2, -0.15) is 5.26 Å². The Labute approximate surface area is 143 Å². The molecule has 1 aliphatic heterocycles. The lowest BCUT2D eigenvalue weighted by Crippen LogP contribution is -2.25. The number of nitrogens with zero attached hydrogens (tertiary/aromatic N) is 3. The van der Waals surface area contributed by atoms with Gasteiger partial charge in [-0.1, -0.05) is 30.3 Å². The summed E-state index contributed by atoms with van der Waals surface area (Å²) in [5.41, 5.74) is 3.31. The molecule has 0 fully saturated rings. The highest BCUT2D eigenvalue weighted by molar-refractivity contribution is 7.19. The number of amides is 1. The molecule has 1 aromatic heterocycles. The number of para-hydroxylation sites is 2. The van der Waals surface area contributed by atoms with Gasteiger partial charge in [-0.25, -0.2) is 4.98 Å². The predicted molar refractivity (Wildman–Crippen MR) is 96.5 cm³/mol. The number of hydrogen-bond donors (Lipinski definition) is 0. The Morgan fingerprint density at radius 1 is 1.21 bits per heavy atom. The van der Waals surface area contributed by atoms with Crippen LogP contribution in [-0.4, -0.2) is 17.4 Å². The van der Waals surface area contributed by atoms with Crippen molar-refractivity contribution in [2.75, 3.05) is 11.4 Å². The number of likely N-dealkylation sites (N-methyl/N-ethyl adjacent to an activating group) is 1. The number of aromatic nitrogens is 1. The fraction of sp³-hybridized carbons (Fsp3) is 0.105. The SMILES string of the molecule is CCN1C(=O)C(=C(C#N)c2nc3ccccc3s2)c2ccccc21. The van der Waals surface area contributed by atoms with E-state index in [0.717, 1.165) is 21.5 Å². The molecule has 24 heavy (non-hydrogen) atoms. The second kappa shape index (κ2) is 5.59. The Morgan fingerprint density at radius 3 is 2.71 bits per heavy atom. The summed E-state index contributed by atoms with van der Waals surface area (Å²) in [7, 11) is 0. The molecule has 4 rings (SSSR count). The zero-order valence-corrected chi connectivity index (χ0v) is 13.8. The maximum atomic E-state index is 12.9. The highest BCUT2D eigenvalue weighted by Gasteiger charge is 2.34. The van der Waals surface area contributed by atoms with Gasteiger partial charge >= 0.3 is 0 Å². The topological polar surface area (TPSA) is 57.0 Å². The molecule has 1 aliphatic rings. The van der Waals surface area contributed by atoms with Crippen molar-refractivity contribution < 1.29 is 4.79 Å². The van der Waals surface area contributed by atoms with E-state index in [1.165, 1.54) is 11.3 Å². The number of benzene rings is 2. The number of allylic oxidation sites excluding steroid dienone is 1. The summed E-state index contributed by atoms with van der Waals surface area (Å²) in [6.07, 6.45) is 0. The Hall–Kier alpha value is -2.97. The zero-order valence-electron chi connectivity index (χ0n) is 13.0. The van der Waals surface area contributed by atoms with Crippen LogP contribution in [-0.2, 0) is 4.79 Å². The third kappa shape index (κ3) is 2.04. The number of fused-ring (bicyclic) bond motifs is 2. The van der Waals surface area contributed by atoms with Crippen molar-refractivity contribution in [1.82, 2.24) is 4.98 Å². The number of anilines is 1. The second-order valence-corrected chi connectivity index (χ2v) is 6.45. The van der Waals surface area contributed by atoms with Crippen molar-refractivity contribution in [3.05, 3.63) is 59.1 Å². The summed E-state index contributed by atoms with van der Waals surface area (Å²) in [5.74, 6) is -0.130. The van der Waals surface area contributed by atoms with Gasteiger partial charge in [0, 0.05) is 12.1 Å². The molecule has 0 unspecified atom stereocenters. The van der Waals surface area contributed by atoms with Gasteiger partial charge in [-0.15, -0.1) is 11.3 Å². The number of rotatable bonds is 2. The minimum Gasteiger partial charge on any atom is -0.308 e. The molecule has 116 valence electrons. The fourth-order valence-electron chi connectivity index (χ4n) is 3.03. The zero-order chi connectivity index (χ0) is 16.7. The minimum absolute atomic E-state index is 0.130. The highest BCUT2D eigenvalue weighted by atomic mass is 32.1. The summed E-state index contributed by atoms with van der Waals surface area (Å²) in [6, 6.07) is 17.6. The first kappa shape index (κ1) is 14.6. The summed E-state index contributed by atoms with van der Waals surface area (Å²) in [5, 5.41) is 10.3. The summed E-state index contributed by atoms with van der Waals surface area (Å²) < 4.78 is 1.01. The molecule has 1 amide bonds. The van der Waals surface area contributed by atoms with Gasteiger partial charge in [0.1, 0.15) is 16.6 Å². The molecule has 0 atom stereocenters. The van der Waals surface area contributed by atoms with E-state index < -0.39 is 0 Å². The van der Waals surface area contributed by atoms with Gasteiger partial charge in [0.2, 0.25) is 0 Å². The maximum Gasteiger partial charge on any atom is 0.260 e. The van der Waals surface area contributed by atoms with Crippen LogP contribution in [0.25, 0.3) is 21.4 Å². The number of thiazole rings is 1. The molecular weight excluding hydrogens is 318 g/mol. The average Bonchev–Trinajstić information content (AvgIpc) is 3.15. The van der Waals surface area contributed by atoms with Crippen molar-refractivity contribution in [2.45, 2.75) is 6.92 Å². The first-order valence-electron chi connectivity index (χ1n) is 7.66. The van der Waals surface area contributed by atoms with E-state index >= 15 is 0 Å². The van der Waals surface area contributed by atoms with Crippen molar-refractivity contribution in [1.29, 1.82) is 5.26 Å². The maximum absolute atomic E-state index is 12.9. The van der Waals surface area contributed by atoms with Crippen LogP contribution in [0.15, 0.2) is 48.5 Å². The molecule has 0 spiro atoms. The Bertz CT molecular complexity index is 1010. The molecule has 3 aromatic rings. The quantitative estimate of drug-likeness (QED) is 0.525. The number of carbonyl (C=O) groups excluding carboxylic acids is 1. The van der Waals surface area contributed by atoms with Crippen LogP contribution < -0.4 is 4.90 Å². The highest BCUT2D eigenvalue weighted by Crippen LogP contribution is 2.41. The third-order valence-corrected chi connectivity index (χ3v) is 5.16. The lowest BCUT2D eigenvalue weighted by molar-refractivity contribution is -0.112. The van der Waals surface area contributed by atoms with Gasteiger partial charge < -0.3 is 4.90 Å². The first-order chi connectivity index (χ1) is 11.7. The minimum atomic E-state index is -0.130. The molecule has 0 saturated carbocycles. The van der Waals surface area contributed by atoms with E-state index in [4.69, 9.17) is 0 Å². The molecule has 2 heterocycles. The molecule has 0 radical (unpaired) electrons. The van der Waals surface area contributed by atoms with Gasteiger partial charge in [-0.05, 0) is 25.1 Å². The van der Waals surface area contributed by atoms with Crippen LogP contribution in [0.3, 0.4) is 0 Å². The van der Waals surface area contributed by atoms with Gasteiger partial charge in [0.25, 0.3) is 5.91 Å². The van der Waals surface area contributed by atoms with Crippen LogP contribution in [0, 0.1) is 11.3 Å². The van der Waals surface area contributed by atoms with E-state index in [1.807, 2.05) is 55.5 Å². The van der Waals surface area contributed by atoms with E-state index in [0.29, 0.717) is 22.7 Å². The molecule has 0 saturated heterocycles. The smallest absolute Gasteiger partial charge is 0.260 e. The van der Waals surface area contributed by atoms with Crippen molar-refractivity contribution in [2.24, 2.45) is 0 Å². The lowest BCUT2D eigenvalue weighted by atomic mass is 10.0. The number of hydrogen-bond acceptors (Lipinski definition) is 4. The molecule has 4 nitrogen and oxygen atoms in total. The largest absolute Gasteiger partial charge is 0.308 e. The summed E-state index contributed by atoms with van der Waals surface area (Å²) >= 11 is 1.44. The number of carbonyl (C=O) groups is 1. The predicted octanol–water partition coefficient (Wildman–Crippen LogP) is 4.10. The van der Waals surface area contributed by atoms with Crippen LogP contribution in [0.5, 0.6) is 0 Å². The fourth-order valence-corrected chi connectivity index (χ4v) is 3.99. The first-order valence-corrected chi connectivity index (χ1v) is 8.47. The normalized spacial score (nSPS) is 15.5. The molecule has 5 heteroatoms. The molecule has 2 aromatic carbocycles. The van der Waals surface area contributed by atoms with Crippen molar-refractivity contribution in [3.8, 4) is 6.07 Å². The Morgan fingerprint density at radius 2 is 1.96 bits per heavy atom. The van der Waals surface area contributed by atoms with Crippen molar-refractivity contribution >= 4 is 44.3 Å². The van der Waals surface area contributed by atoms with E-state index in [9.17, 15) is 10.1 Å². The second-order valence-electron chi connectivity index (χ2n) is 5.42. The Balaban J connectivity index is 1.99. The van der Waals surface area contributed by atoms with Crippen LogP contribution in [0.2, 0.25) is 0 Å². The van der Waals surface area contributed by atoms with Crippen molar-refractivity contribution in [3.63, 3.8) is 0 Å². The van der Waals surface area contributed by atoms with E-state index in [2.05, 4.69) is 11.1 Å². The molecule has 0 aliphatic carbocycles.